The Morgan fingerprint density at radius 2 is 1.95 bits per heavy atom. The van der Waals surface area contributed by atoms with E-state index in [4.69, 9.17) is 0 Å². The number of carbonyl (C=O) groups excluding carboxylic acids is 1. The van der Waals surface area contributed by atoms with Crippen LogP contribution in [0.15, 0.2) is 30.5 Å². The van der Waals surface area contributed by atoms with E-state index >= 15 is 0 Å². The lowest BCUT2D eigenvalue weighted by Gasteiger charge is -2.12. The molecule has 0 atom stereocenters. The smallest absolute Gasteiger partial charge is 0.287 e. The molecule has 0 aliphatic rings. The van der Waals surface area contributed by atoms with Crippen LogP contribution in [0.3, 0.4) is 0 Å². The van der Waals surface area contributed by atoms with E-state index in [1.807, 2.05) is 0 Å². The van der Waals surface area contributed by atoms with Gasteiger partial charge >= 0.3 is 6.18 Å². The van der Waals surface area contributed by atoms with Gasteiger partial charge in [0.2, 0.25) is 5.78 Å². The first-order chi connectivity index (χ1) is 8.80. The molecule has 1 aromatic heterocycles. The molecule has 2 aromatic rings. The predicted octanol–water partition coefficient (Wildman–Crippen LogP) is 2.81. The van der Waals surface area contributed by atoms with Crippen LogP contribution in [0, 0.1) is 5.82 Å². The normalized spacial score (nSPS) is 11.6. The molecule has 0 fully saturated rings. The molecule has 0 unspecified atom stereocenters. The highest BCUT2D eigenvalue weighted by atomic mass is 19.4. The van der Waals surface area contributed by atoms with Gasteiger partial charge in [0.1, 0.15) is 11.5 Å². The zero-order chi connectivity index (χ0) is 14.2. The molecule has 1 aromatic carbocycles. The van der Waals surface area contributed by atoms with Gasteiger partial charge in [-0.15, -0.1) is 0 Å². The Labute approximate surface area is 105 Å². The third-order valence-corrected chi connectivity index (χ3v) is 2.59. The SMILES string of the molecule is Cn1nccc1C(=O)c1ccc(F)cc1C(F)(F)F. The molecule has 2 rings (SSSR count). The molecule has 0 amide bonds. The topological polar surface area (TPSA) is 34.9 Å². The van der Waals surface area contributed by atoms with E-state index in [0.717, 1.165) is 16.8 Å². The second-order valence-corrected chi connectivity index (χ2v) is 3.86. The molecule has 1 heterocycles. The van der Waals surface area contributed by atoms with E-state index < -0.39 is 28.9 Å². The van der Waals surface area contributed by atoms with Gasteiger partial charge in [-0.2, -0.15) is 18.3 Å². The summed E-state index contributed by atoms with van der Waals surface area (Å²) in [6, 6.07) is 3.25. The fraction of sp³-hybridized carbons (Fsp3) is 0.167. The monoisotopic (exact) mass is 272 g/mol. The summed E-state index contributed by atoms with van der Waals surface area (Å²) in [6.45, 7) is 0. The van der Waals surface area contributed by atoms with Crippen molar-refractivity contribution in [1.82, 2.24) is 9.78 Å². The van der Waals surface area contributed by atoms with Gasteiger partial charge in [-0.1, -0.05) is 0 Å². The predicted molar refractivity (Wildman–Crippen MR) is 58.0 cm³/mol. The average molecular weight is 272 g/mol. The molecule has 0 N–H and O–H groups in total. The summed E-state index contributed by atoms with van der Waals surface area (Å²) in [4.78, 5) is 12.0. The lowest BCUT2D eigenvalue weighted by atomic mass is 10.0. The van der Waals surface area contributed by atoms with Crippen molar-refractivity contribution in [2.24, 2.45) is 7.05 Å². The molecule has 0 aliphatic heterocycles. The fourth-order valence-electron chi connectivity index (χ4n) is 1.68. The van der Waals surface area contributed by atoms with Crippen LogP contribution in [-0.2, 0) is 13.2 Å². The molecule has 19 heavy (non-hydrogen) atoms. The Kier molecular flexibility index (Phi) is 3.13. The summed E-state index contributed by atoms with van der Waals surface area (Å²) in [7, 11) is 1.43. The Bertz CT molecular complexity index is 631. The van der Waals surface area contributed by atoms with Crippen LogP contribution >= 0.6 is 0 Å². The number of aromatic nitrogens is 2. The summed E-state index contributed by atoms with van der Waals surface area (Å²) < 4.78 is 52.5. The minimum absolute atomic E-state index is 0.00268. The number of aryl methyl sites for hydroxylation is 1. The second kappa shape index (κ2) is 4.49. The van der Waals surface area contributed by atoms with Crippen molar-refractivity contribution in [2.45, 2.75) is 6.18 Å². The molecule has 0 radical (unpaired) electrons. The number of carbonyl (C=O) groups is 1. The maximum Gasteiger partial charge on any atom is 0.417 e. The molecule has 3 nitrogen and oxygen atoms in total. The lowest BCUT2D eigenvalue weighted by Crippen LogP contribution is -2.16. The van der Waals surface area contributed by atoms with Gasteiger partial charge in [0.05, 0.1) is 5.56 Å². The highest BCUT2D eigenvalue weighted by Crippen LogP contribution is 2.33. The number of nitrogens with zero attached hydrogens (tertiary/aromatic N) is 2. The first-order valence-corrected chi connectivity index (χ1v) is 5.20. The van der Waals surface area contributed by atoms with Crippen molar-refractivity contribution >= 4 is 5.78 Å². The Balaban J connectivity index is 2.57. The van der Waals surface area contributed by atoms with E-state index in [0.29, 0.717) is 6.07 Å². The average Bonchev–Trinajstić information content (AvgIpc) is 2.73. The number of ketones is 1. The van der Waals surface area contributed by atoms with E-state index in [-0.39, 0.29) is 5.69 Å². The number of hydrogen-bond acceptors (Lipinski definition) is 2. The maximum atomic E-state index is 12.9. The van der Waals surface area contributed by atoms with E-state index in [9.17, 15) is 22.4 Å². The van der Waals surface area contributed by atoms with Crippen LogP contribution in [-0.4, -0.2) is 15.6 Å². The van der Waals surface area contributed by atoms with Crippen LogP contribution in [0.1, 0.15) is 21.6 Å². The third-order valence-electron chi connectivity index (χ3n) is 2.59. The Morgan fingerprint density at radius 3 is 2.47 bits per heavy atom. The van der Waals surface area contributed by atoms with Gasteiger partial charge < -0.3 is 0 Å². The number of halogens is 4. The maximum absolute atomic E-state index is 12.9. The first kappa shape index (κ1) is 13.3. The standard InChI is InChI=1S/C12H8F4N2O/c1-18-10(4-5-17-18)11(19)8-3-2-7(13)6-9(8)12(14,15)16/h2-6H,1H3. The van der Waals surface area contributed by atoms with Gasteiger partial charge in [-0.25, -0.2) is 4.39 Å². The third kappa shape index (κ3) is 2.49. The van der Waals surface area contributed by atoms with E-state index in [2.05, 4.69) is 5.10 Å². The van der Waals surface area contributed by atoms with Crippen LogP contribution < -0.4 is 0 Å². The fourth-order valence-corrected chi connectivity index (χ4v) is 1.68. The molecule has 0 saturated carbocycles. The van der Waals surface area contributed by atoms with Gasteiger partial charge in [0.15, 0.2) is 0 Å². The first-order valence-electron chi connectivity index (χ1n) is 5.20. The highest BCUT2D eigenvalue weighted by molar-refractivity contribution is 6.08. The minimum Gasteiger partial charge on any atom is -0.287 e. The minimum atomic E-state index is -4.80. The second-order valence-electron chi connectivity index (χ2n) is 3.86. The highest BCUT2D eigenvalue weighted by Gasteiger charge is 2.36. The van der Waals surface area contributed by atoms with Crippen LogP contribution in [0.2, 0.25) is 0 Å². The van der Waals surface area contributed by atoms with Crippen molar-refractivity contribution in [3.05, 3.63) is 53.1 Å². The van der Waals surface area contributed by atoms with Crippen LogP contribution in [0.25, 0.3) is 0 Å². The number of benzene rings is 1. The Morgan fingerprint density at radius 1 is 1.26 bits per heavy atom. The van der Waals surface area contributed by atoms with Crippen LogP contribution in [0.4, 0.5) is 17.6 Å². The molecular weight excluding hydrogens is 264 g/mol. The Hall–Kier alpha value is -2.18. The summed E-state index contributed by atoms with van der Waals surface area (Å²) >= 11 is 0. The number of rotatable bonds is 2. The summed E-state index contributed by atoms with van der Waals surface area (Å²) in [5.41, 5.74) is -1.90. The van der Waals surface area contributed by atoms with Gasteiger partial charge in [-0.05, 0) is 24.3 Å². The number of alkyl halides is 3. The molecule has 0 bridgehead atoms. The molecule has 0 saturated heterocycles. The van der Waals surface area contributed by atoms with E-state index in [1.165, 1.54) is 19.3 Å². The summed E-state index contributed by atoms with van der Waals surface area (Å²) in [5, 5.41) is 3.71. The van der Waals surface area contributed by atoms with Crippen molar-refractivity contribution in [1.29, 1.82) is 0 Å². The largest absolute Gasteiger partial charge is 0.417 e. The zero-order valence-electron chi connectivity index (χ0n) is 9.70. The molecule has 100 valence electrons. The quantitative estimate of drug-likeness (QED) is 0.622. The van der Waals surface area contributed by atoms with Crippen molar-refractivity contribution in [3.63, 3.8) is 0 Å². The van der Waals surface area contributed by atoms with Crippen LogP contribution in [0.5, 0.6) is 0 Å². The molecule has 0 spiro atoms. The molecular formula is C12H8F4N2O. The van der Waals surface area contributed by atoms with Gasteiger partial charge in [0.25, 0.3) is 0 Å². The van der Waals surface area contributed by atoms with Crippen molar-refractivity contribution in [2.75, 3.05) is 0 Å². The lowest BCUT2D eigenvalue weighted by molar-refractivity contribution is -0.138. The van der Waals surface area contributed by atoms with E-state index in [1.54, 1.807) is 0 Å². The summed E-state index contributed by atoms with van der Waals surface area (Å²) in [6.07, 6.45) is -3.50. The van der Waals surface area contributed by atoms with Crippen molar-refractivity contribution in [3.8, 4) is 0 Å². The number of hydrogen-bond donors (Lipinski definition) is 0. The molecule has 0 aliphatic carbocycles. The van der Waals surface area contributed by atoms with Gasteiger partial charge in [0, 0.05) is 18.8 Å². The van der Waals surface area contributed by atoms with Gasteiger partial charge in [-0.3, -0.25) is 9.48 Å². The summed E-state index contributed by atoms with van der Waals surface area (Å²) in [5.74, 6) is -1.90. The molecule has 7 heteroatoms. The van der Waals surface area contributed by atoms with Crippen molar-refractivity contribution < 1.29 is 22.4 Å². The zero-order valence-corrected chi connectivity index (χ0v) is 9.70.